The zero-order valence-corrected chi connectivity index (χ0v) is 11.7. The lowest BCUT2D eigenvalue weighted by atomic mass is 10.2. The Bertz CT molecular complexity index is 588. The predicted octanol–water partition coefficient (Wildman–Crippen LogP) is 1.13. The van der Waals surface area contributed by atoms with Crippen LogP contribution in [-0.2, 0) is 14.8 Å². The van der Waals surface area contributed by atoms with E-state index >= 15 is 0 Å². The molecule has 0 aromatic heterocycles. The maximum Gasteiger partial charge on any atom is 0.245 e. The average Bonchev–Trinajstić information content (AvgIpc) is 2.67. The summed E-state index contributed by atoms with van der Waals surface area (Å²) in [7, 11) is -3.51. The second-order valence-corrected chi connectivity index (χ2v) is 7.23. The zero-order chi connectivity index (χ0) is 13.6. The Morgan fingerprint density at radius 2 is 1.89 bits per heavy atom. The van der Waals surface area contributed by atoms with E-state index in [4.69, 9.17) is 10.5 Å². The number of nitrogens with two attached hydrogens (primary N) is 1. The highest BCUT2D eigenvalue weighted by molar-refractivity contribution is 7.89. The van der Waals surface area contributed by atoms with Crippen LogP contribution >= 0.6 is 0 Å². The van der Waals surface area contributed by atoms with Crippen LogP contribution in [0.15, 0.2) is 23.1 Å². The van der Waals surface area contributed by atoms with Crippen LogP contribution in [-0.4, -0.2) is 38.0 Å². The lowest BCUT2D eigenvalue weighted by Gasteiger charge is -2.31. The maximum absolute atomic E-state index is 12.6. The second-order valence-electron chi connectivity index (χ2n) is 5.32. The van der Waals surface area contributed by atoms with E-state index in [1.54, 1.807) is 18.2 Å². The Morgan fingerprint density at radius 3 is 2.47 bits per heavy atom. The Balaban J connectivity index is 1.94. The van der Waals surface area contributed by atoms with E-state index < -0.39 is 10.0 Å². The van der Waals surface area contributed by atoms with Gasteiger partial charge in [-0.3, -0.25) is 0 Å². The molecule has 0 amide bonds. The molecule has 2 heterocycles. The summed E-state index contributed by atoms with van der Waals surface area (Å²) in [6, 6.07) is 5.07. The van der Waals surface area contributed by atoms with Gasteiger partial charge in [-0.05, 0) is 37.5 Å². The number of rotatable bonds is 2. The highest BCUT2D eigenvalue weighted by Crippen LogP contribution is 2.31. The van der Waals surface area contributed by atoms with Gasteiger partial charge in [-0.1, -0.05) is 6.07 Å². The lowest BCUT2D eigenvalue weighted by Crippen LogP contribution is -2.45. The summed E-state index contributed by atoms with van der Waals surface area (Å²) in [5.41, 5.74) is 7.14. The van der Waals surface area contributed by atoms with Crippen LogP contribution in [0.5, 0.6) is 0 Å². The molecule has 2 fully saturated rings. The van der Waals surface area contributed by atoms with E-state index in [0.717, 1.165) is 18.4 Å². The first-order chi connectivity index (χ1) is 8.96. The van der Waals surface area contributed by atoms with Gasteiger partial charge in [0.05, 0.1) is 17.9 Å². The molecule has 2 atom stereocenters. The molecule has 2 aliphatic rings. The largest absolute Gasteiger partial charge is 0.398 e. The fourth-order valence-corrected chi connectivity index (χ4v) is 4.42. The van der Waals surface area contributed by atoms with Crippen molar-refractivity contribution < 1.29 is 13.2 Å². The van der Waals surface area contributed by atoms with Gasteiger partial charge in [-0.25, -0.2) is 8.42 Å². The van der Waals surface area contributed by atoms with Crippen LogP contribution in [0.25, 0.3) is 0 Å². The molecule has 0 aliphatic carbocycles. The molecular formula is C13H18N2O3S. The third kappa shape index (κ3) is 2.24. The number of morpholine rings is 1. The lowest BCUT2D eigenvalue weighted by molar-refractivity contribution is -0.0114. The standard InChI is InChI=1S/C13H18N2O3S/c1-9-2-5-13(12(14)6-9)19(16,17)15-7-10-3-4-11(8-15)18-10/h2,5-6,10-11H,3-4,7-8,14H2,1H3. The minimum atomic E-state index is -3.51. The van der Waals surface area contributed by atoms with Crippen LogP contribution < -0.4 is 5.73 Å². The molecule has 1 aromatic rings. The first kappa shape index (κ1) is 12.9. The number of anilines is 1. The summed E-state index contributed by atoms with van der Waals surface area (Å²) in [4.78, 5) is 0.208. The molecular weight excluding hydrogens is 264 g/mol. The Morgan fingerprint density at radius 1 is 1.26 bits per heavy atom. The van der Waals surface area contributed by atoms with E-state index in [2.05, 4.69) is 0 Å². The normalized spacial score (nSPS) is 27.6. The molecule has 19 heavy (non-hydrogen) atoms. The van der Waals surface area contributed by atoms with Crippen molar-refractivity contribution >= 4 is 15.7 Å². The number of nitrogen functional groups attached to an aromatic ring is 1. The number of sulfonamides is 1. The van der Waals surface area contributed by atoms with Gasteiger partial charge in [-0.15, -0.1) is 0 Å². The number of benzene rings is 1. The second kappa shape index (κ2) is 4.47. The van der Waals surface area contributed by atoms with E-state index in [1.165, 1.54) is 4.31 Å². The highest BCUT2D eigenvalue weighted by atomic mass is 32.2. The summed E-state index contributed by atoms with van der Waals surface area (Å²) in [6.07, 6.45) is 1.97. The molecule has 5 nitrogen and oxygen atoms in total. The maximum atomic E-state index is 12.6. The number of fused-ring (bicyclic) bond motifs is 2. The summed E-state index contributed by atoms with van der Waals surface area (Å²) in [5, 5.41) is 0. The molecule has 2 bridgehead atoms. The van der Waals surface area contributed by atoms with Gasteiger partial charge in [0.1, 0.15) is 4.90 Å². The summed E-state index contributed by atoms with van der Waals surface area (Å²) < 4.78 is 32.4. The molecule has 1 aromatic carbocycles. The third-order valence-electron chi connectivity index (χ3n) is 3.79. The fraction of sp³-hybridized carbons (Fsp3) is 0.538. The van der Waals surface area contributed by atoms with Crippen LogP contribution in [0, 0.1) is 6.92 Å². The molecule has 0 spiro atoms. The topological polar surface area (TPSA) is 72.6 Å². The Labute approximate surface area is 113 Å². The van der Waals surface area contributed by atoms with Crippen LogP contribution in [0.2, 0.25) is 0 Å². The van der Waals surface area contributed by atoms with Crippen molar-refractivity contribution in [2.45, 2.75) is 36.9 Å². The first-order valence-corrected chi connectivity index (χ1v) is 7.92. The van der Waals surface area contributed by atoms with Gasteiger partial charge in [0.2, 0.25) is 10.0 Å². The monoisotopic (exact) mass is 282 g/mol. The van der Waals surface area contributed by atoms with Crippen molar-refractivity contribution in [2.24, 2.45) is 0 Å². The fourth-order valence-electron chi connectivity index (χ4n) is 2.82. The van der Waals surface area contributed by atoms with Gasteiger partial charge in [0.25, 0.3) is 0 Å². The van der Waals surface area contributed by atoms with Crippen molar-refractivity contribution in [3.8, 4) is 0 Å². The highest BCUT2D eigenvalue weighted by Gasteiger charge is 2.39. The van der Waals surface area contributed by atoms with Crippen LogP contribution in [0.1, 0.15) is 18.4 Å². The van der Waals surface area contributed by atoms with Crippen molar-refractivity contribution in [1.82, 2.24) is 4.31 Å². The molecule has 0 radical (unpaired) electrons. The quantitative estimate of drug-likeness (QED) is 0.825. The summed E-state index contributed by atoms with van der Waals surface area (Å²) in [6.45, 7) is 2.76. The average molecular weight is 282 g/mol. The predicted molar refractivity (Wildman–Crippen MR) is 72.2 cm³/mol. The number of hydrogen-bond acceptors (Lipinski definition) is 4. The molecule has 2 aliphatic heterocycles. The van der Waals surface area contributed by atoms with Crippen molar-refractivity contribution in [2.75, 3.05) is 18.8 Å². The van der Waals surface area contributed by atoms with Gasteiger partial charge in [0, 0.05) is 13.1 Å². The molecule has 6 heteroatoms. The third-order valence-corrected chi connectivity index (χ3v) is 5.70. The number of nitrogens with zero attached hydrogens (tertiary/aromatic N) is 1. The number of ether oxygens (including phenoxy) is 1. The molecule has 2 saturated heterocycles. The van der Waals surface area contributed by atoms with Gasteiger partial charge >= 0.3 is 0 Å². The SMILES string of the molecule is Cc1ccc(S(=O)(=O)N2CC3CCC(C2)O3)c(N)c1. The van der Waals surface area contributed by atoms with E-state index in [9.17, 15) is 8.42 Å². The summed E-state index contributed by atoms with van der Waals surface area (Å²) in [5.74, 6) is 0. The number of hydrogen-bond donors (Lipinski definition) is 1. The van der Waals surface area contributed by atoms with Gasteiger partial charge in [-0.2, -0.15) is 4.31 Å². The zero-order valence-electron chi connectivity index (χ0n) is 10.9. The van der Waals surface area contributed by atoms with Crippen molar-refractivity contribution in [1.29, 1.82) is 0 Å². The summed E-state index contributed by atoms with van der Waals surface area (Å²) >= 11 is 0. The molecule has 2 N–H and O–H groups in total. The number of aryl methyl sites for hydroxylation is 1. The molecule has 2 unspecified atom stereocenters. The van der Waals surface area contributed by atoms with Gasteiger partial charge in [0.15, 0.2) is 0 Å². The smallest absolute Gasteiger partial charge is 0.245 e. The Kier molecular flexibility index (Phi) is 3.03. The minimum Gasteiger partial charge on any atom is -0.398 e. The van der Waals surface area contributed by atoms with Crippen molar-refractivity contribution in [3.05, 3.63) is 23.8 Å². The first-order valence-electron chi connectivity index (χ1n) is 6.48. The molecule has 0 saturated carbocycles. The van der Waals surface area contributed by atoms with E-state index in [0.29, 0.717) is 18.8 Å². The van der Waals surface area contributed by atoms with Crippen molar-refractivity contribution in [3.63, 3.8) is 0 Å². The Hall–Kier alpha value is -1.11. The van der Waals surface area contributed by atoms with E-state index in [1.807, 2.05) is 6.92 Å². The molecule has 3 rings (SSSR count). The minimum absolute atomic E-state index is 0.0418. The van der Waals surface area contributed by atoms with E-state index in [-0.39, 0.29) is 17.1 Å². The van der Waals surface area contributed by atoms with Crippen LogP contribution in [0.4, 0.5) is 5.69 Å². The molecule has 104 valence electrons. The van der Waals surface area contributed by atoms with Gasteiger partial charge < -0.3 is 10.5 Å². The van der Waals surface area contributed by atoms with Crippen LogP contribution in [0.3, 0.4) is 0 Å².